The molecule has 0 aliphatic carbocycles. The normalized spacial score (nSPS) is 10.8. The minimum absolute atomic E-state index is 0.180. The maximum Gasteiger partial charge on any atom is 0.255 e. The van der Waals surface area contributed by atoms with Gasteiger partial charge in [0.25, 0.3) is 5.91 Å². The van der Waals surface area contributed by atoms with Gasteiger partial charge in [0, 0.05) is 26.1 Å². The second kappa shape index (κ2) is 8.89. The van der Waals surface area contributed by atoms with Crippen LogP contribution in [0.5, 0.6) is 5.88 Å². The summed E-state index contributed by atoms with van der Waals surface area (Å²) < 4.78 is 34.9. The fraction of sp³-hybridized carbons (Fsp3) is 0.286. The molecule has 2 N–H and O–H groups in total. The lowest BCUT2D eigenvalue weighted by Gasteiger charge is -2.11. The number of amides is 2. The zero-order valence-corrected chi connectivity index (χ0v) is 16.9. The predicted octanol–water partition coefficient (Wildman–Crippen LogP) is 2.67. The van der Waals surface area contributed by atoms with Crippen LogP contribution in [0, 0.1) is 25.5 Å². The summed E-state index contributed by atoms with van der Waals surface area (Å²) in [6, 6.07) is 7.06. The molecule has 9 heteroatoms. The van der Waals surface area contributed by atoms with Gasteiger partial charge < -0.3 is 15.4 Å². The van der Waals surface area contributed by atoms with E-state index >= 15 is 0 Å². The summed E-state index contributed by atoms with van der Waals surface area (Å²) in [5.41, 5.74) is 1.95. The molecule has 158 valence electrons. The number of ether oxygens (including phenoxy) is 1. The van der Waals surface area contributed by atoms with Crippen molar-refractivity contribution in [2.24, 2.45) is 0 Å². The Labute approximate surface area is 172 Å². The number of halogens is 2. The van der Waals surface area contributed by atoms with Crippen molar-refractivity contribution in [3.8, 4) is 5.88 Å². The minimum atomic E-state index is -0.699. The summed E-state index contributed by atoms with van der Waals surface area (Å²) in [5.74, 6) is -1.66. The van der Waals surface area contributed by atoms with Crippen molar-refractivity contribution in [2.45, 2.75) is 27.4 Å². The number of aryl methyl sites for hydroxylation is 2. The third-order valence-electron chi connectivity index (χ3n) is 4.46. The van der Waals surface area contributed by atoms with Gasteiger partial charge in [0.1, 0.15) is 18.2 Å². The van der Waals surface area contributed by atoms with Crippen LogP contribution in [0.25, 0.3) is 5.52 Å². The van der Waals surface area contributed by atoms with Crippen LogP contribution < -0.4 is 15.4 Å². The molecule has 0 fully saturated rings. The van der Waals surface area contributed by atoms with Crippen LogP contribution in [0.3, 0.4) is 0 Å². The van der Waals surface area contributed by atoms with Crippen LogP contribution in [0.4, 0.5) is 8.78 Å². The van der Waals surface area contributed by atoms with Crippen molar-refractivity contribution in [1.29, 1.82) is 0 Å². The Morgan fingerprint density at radius 1 is 1.10 bits per heavy atom. The number of carbonyl (C=O) groups is 2. The van der Waals surface area contributed by atoms with Gasteiger partial charge in [0.05, 0.1) is 22.3 Å². The van der Waals surface area contributed by atoms with E-state index < -0.39 is 11.6 Å². The number of nitrogens with zero attached hydrogens (tertiary/aromatic N) is 2. The first-order valence-corrected chi connectivity index (χ1v) is 9.36. The molecule has 2 aromatic heterocycles. The Morgan fingerprint density at radius 2 is 1.77 bits per heavy atom. The standard InChI is InChI=1S/C21H22F2N4O3/c1-12-9-18-20(21(29)25-8-7-24-14(3)28)13(2)26-27(18)19(10-12)30-11-15-16(22)5-4-6-17(15)23/h4-6,9-10H,7-8,11H2,1-3H3,(H,24,28)(H,25,29). The Morgan fingerprint density at radius 3 is 2.43 bits per heavy atom. The Balaban J connectivity index is 1.86. The molecule has 30 heavy (non-hydrogen) atoms. The van der Waals surface area contributed by atoms with Crippen molar-refractivity contribution in [1.82, 2.24) is 20.2 Å². The van der Waals surface area contributed by atoms with E-state index in [0.29, 0.717) is 23.3 Å². The lowest BCUT2D eigenvalue weighted by Crippen LogP contribution is -2.33. The maximum absolute atomic E-state index is 13.9. The molecule has 0 unspecified atom stereocenters. The van der Waals surface area contributed by atoms with Gasteiger partial charge in [0.15, 0.2) is 0 Å². The summed E-state index contributed by atoms with van der Waals surface area (Å²) in [6.07, 6.45) is 0. The lowest BCUT2D eigenvalue weighted by molar-refractivity contribution is -0.118. The average molecular weight is 416 g/mol. The fourth-order valence-electron chi connectivity index (χ4n) is 3.06. The van der Waals surface area contributed by atoms with E-state index in [-0.39, 0.29) is 36.4 Å². The van der Waals surface area contributed by atoms with Crippen LogP contribution in [0.2, 0.25) is 0 Å². The van der Waals surface area contributed by atoms with E-state index in [1.807, 2.05) is 6.92 Å². The SMILES string of the molecule is CC(=O)NCCNC(=O)c1c(C)nn2c(OCc3c(F)cccc3F)cc(C)cc12. The van der Waals surface area contributed by atoms with Gasteiger partial charge in [-0.3, -0.25) is 9.59 Å². The molecule has 0 atom stereocenters. The number of fused-ring (bicyclic) bond motifs is 1. The monoisotopic (exact) mass is 416 g/mol. The van der Waals surface area contributed by atoms with E-state index in [1.165, 1.54) is 17.5 Å². The molecular weight excluding hydrogens is 394 g/mol. The molecule has 2 amide bonds. The topological polar surface area (TPSA) is 84.7 Å². The summed E-state index contributed by atoms with van der Waals surface area (Å²) in [4.78, 5) is 23.6. The molecule has 0 aliphatic rings. The number of nitrogens with one attached hydrogen (secondary N) is 2. The van der Waals surface area contributed by atoms with Crippen molar-refractivity contribution in [2.75, 3.05) is 13.1 Å². The molecule has 2 heterocycles. The van der Waals surface area contributed by atoms with Crippen LogP contribution in [0.1, 0.15) is 34.1 Å². The Hall–Kier alpha value is -3.49. The summed E-state index contributed by atoms with van der Waals surface area (Å²) >= 11 is 0. The number of hydrogen-bond acceptors (Lipinski definition) is 4. The Kier molecular flexibility index (Phi) is 6.29. The number of hydrogen-bond donors (Lipinski definition) is 2. The van der Waals surface area contributed by atoms with E-state index in [4.69, 9.17) is 4.74 Å². The van der Waals surface area contributed by atoms with Crippen molar-refractivity contribution >= 4 is 17.3 Å². The second-order valence-electron chi connectivity index (χ2n) is 6.86. The first-order chi connectivity index (χ1) is 14.3. The molecule has 3 rings (SSSR count). The highest BCUT2D eigenvalue weighted by atomic mass is 19.1. The number of rotatable bonds is 7. The van der Waals surface area contributed by atoms with Gasteiger partial charge in [-0.15, -0.1) is 0 Å². The van der Waals surface area contributed by atoms with Crippen LogP contribution in [0.15, 0.2) is 30.3 Å². The molecule has 0 saturated carbocycles. The smallest absolute Gasteiger partial charge is 0.255 e. The molecule has 7 nitrogen and oxygen atoms in total. The number of carbonyl (C=O) groups excluding carboxylic acids is 2. The van der Waals surface area contributed by atoms with Crippen LogP contribution >= 0.6 is 0 Å². The quantitative estimate of drug-likeness (QED) is 0.580. The van der Waals surface area contributed by atoms with Crippen molar-refractivity contribution < 1.29 is 23.1 Å². The maximum atomic E-state index is 13.9. The molecule has 0 saturated heterocycles. The van der Waals surface area contributed by atoms with Gasteiger partial charge >= 0.3 is 0 Å². The van der Waals surface area contributed by atoms with Crippen molar-refractivity contribution in [3.05, 3.63) is 64.4 Å². The van der Waals surface area contributed by atoms with Crippen LogP contribution in [-0.4, -0.2) is 34.5 Å². The zero-order chi connectivity index (χ0) is 21.8. The van der Waals surface area contributed by atoms with Gasteiger partial charge in [-0.05, 0) is 37.6 Å². The lowest BCUT2D eigenvalue weighted by atomic mass is 10.1. The highest BCUT2D eigenvalue weighted by Crippen LogP contribution is 2.24. The first kappa shape index (κ1) is 21.2. The van der Waals surface area contributed by atoms with E-state index in [2.05, 4.69) is 15.7 Å². The fourth-order valence-corrected chi connectivity index (χ4v) is 3.06. The van der Waals surface area contributed by atoms with Gasteiger partial charge in [-0.1, -0.05) is 6.07 Å². The van der Waals surface area contributed by atoms with E-state index in [0.717, 1.165) is 17.7 Å². The molecule has 0 aliphatic heterocycles. The largest absolute Gasteiger partial charge is 0.473 e. The molecule has 3 aromatic rings. The highest BCUT2D eigenvalue weighted by molar-refractivity contribution is 6.02. The minimum Gasteiger partial charge on any atom is -0.473 e. The third-order valence-corrected chi connectivity index (χ3v) is 4.46. The highest BCUT2D eigenvalue weighted by Gasteiger charge is 2.20. The zero-order valence-electron chi connectivity index (χ0n) is 16.9. The third kappa shape index (κ3) is 4.56. The van der Waals surface area contributed by atoms with Gasteiger partial charge in [0.2, 0.25) is 11.8 Å². The molecule has 0 spiro atoms. The van der Waals surface area contributed by atoms with E-state index in [9.17, 15) is 18.4 Å². The van der Waals surface area contributed by atoms with Crippen molar-refractivity contribution in [3.63, 3.8) is 0 Å². The average Bonchev–Trinajstić information content (AvgIpc) is 3.00. The summed E-state index contributed by atoms with van der Waals surface area (Å²) in [6.45, 7) is 5.14. The van der Waals surface area contributed by atoms with E-state index in [1.54, 1.807) is 19.1 Å². The first-order valence-electron chi connectivity index (χ1n) is 9.36. The van der Waals surface area contributed by atoms with Gasteiger partial charge in [-0.2, -0.15) is 9.61 Å². The Bertz CT molecular complexity index is 1090. The molecule has 0 radical (unpaired) electrons. The number of aromatic nitrogens is 2. The predicted molar refractivity (Wildman–Crippen MR) is 106 cm³/mol. The van der Waals surface area contributed by atoms with Gasteiger partial charge in [-0.25, -0.2) is 8.78 Å². The van der Waals surface area contributed by atoms with Crippen LogP contribution in [-0.2, 0) is 11.4 Å². The number of benzene rings is 1. The summed E-state index contributed by atoms with van der Waals surface area (Å²) in [5, 5.41) is 9.70. The number of pyridine rings is 1. The molecule has 0 bridgehead atoms. The molecule has 1 aromatic carbocycles. The summed E-state index contributed by atoms with van der Waals surface area (Å²) in [7, 11) is 0. The molecular formula is C21H22F2N4O3. The second-order valence-corrected chi connectivity index (χ2v) is 6.86.